The van der Waals surface area contributed by atoms with Gasteiger partial charge < -0.3 is 19.3 Å². The monoisotopic (exact) mass is 393 g/mol. The van der Waals surface area contributed by atoms with Gasteiger partial charge in [-0.1, -0.05) is 12.1 Å². The third kappa shape index (κ3) is 4.03. The number of hydrogen-bond acceptors (Lipinski definition) is 6. The maximum absolute atomic E-state index is 12.3. The van der Waals surface area contributed by atoms with E-state index in [2.05, 4.69) is 4.98 Å². The number of ketones is 1. The highest BCUT2D eigenvalue weighted by atomic mass is 16.5. The summed E-state index contributed by atoms with van der Waals surface area (Å²) in [5.41, 5.74) is 1.71. The van der Waals surface area contributed by atoms with E-state index in [-0.39, 0.29) is 11.3 Å². The van der Waals surface area contributed by atoms with Gasteiger partial charge in [0.15, 0.2) is 17.3 Å². The Hall–Kier alpha value is -3.87. The topological polar surface area (TPSA) is 95.0 Å². The highest BCUT2D eigenvalue weighted by molar-refractivity contribution is 6.07. The van der Waals surface area contributed by atoms with E-state index in [0.29, 0.717) is 34.0 Å². The zero-order chi connectivity index (χ0) is 21.0. The zero-order valence-corrected chi connectivity index (χ0v) is 16.1. The van der Waals surface area contributed by atoms with Crippen molar-refractivity contribution in [2.24, 2.45) is 0 Å². The Bertz CT molecular complexity index is 1100. The second-order valence-corrected chi connectivity index (χ2v) is 6.03. The Morgan fingerprint density at radius 2 is 1.55 bits per heavy atom. The van der Waals surface area contributed by atoms with Gasteiger partial charge in [-0.25, -0.2) is 9.78 Å². The lowest BCUT2D eigenvalue weighted by Gasteiger charge is -2.14. The molecule has 0 aliphatic rings. The molecule has 0 atom stereocenters. The van der Waals surface area contributed by atoms with Gasteiger partial charge in [0.05, 0.1) is 38.1 Å². The van der Waals surface area contributed by atoms with E-state index in [0.717, 1.165) is 5.39 Å². The van der Waals surface area contributed by atoms with Gasteiger partial charge >= 0.3 is 5.97 Å². The van der Waals surface area contributed by atoms with Crippen LogP contribution in [0.3, 0.4) is 0 Å². The van der Waals surface area contributed by atoms with Gasteiger partial charge in [-0.15, -0.1) is 0 Å². The first-order valence-corrected chi connectivity index (χ1v) is 8.64. The number of ether oxygens (including phenoxy) is 3. The Morgan fingerprint density at radius 3 is 2.14 bits per heavy atom. The highest BCUT2D eigenvalue weighted by Crippen LogP contribution is 2.42. The van der Waals surface area contributed by atoms with Crippen molar-refractivity contribution in [3.05, 3.63) is 65.4 Å². The number of carboxylic acid groups (broad SMARTS) is 1. The van der Waals surface area contributed by atoms with Crippen LogP contribution in [0.2, 0.25) is 0 Å². The summed E-state index contributed by atoms with van der Waals surface area (Å²) in [6.07, 6.45) is 2.98. The van der Waals surface area contributed by atoms with Crippen LogP contribution in [-0.4, -0.2) is 43.2 Å². The van der Waals surface area contributed by atoms with E-state index in [1.807, 2.05) is 6.07 Å². The van der Waals surface area contributed by atoms with Crippen LogP contribution in [0.4, 0.5) is 0 Å². The van der Waals surface area contributed by atoms with E-state index in [1.165, 1.54) is 44.6 Å². The normalized spacial score (nSPS) is 10.9. The molecule has 0 bridgehead atoms. The summed E-state index contributed by atoms with van der Waals surface area (Å²) in [6, 6.07) is 11.1. The van der Waals surface area contributed by atoms with Crippen molar-refractivity contribution in [3.63, 3.8) is 0 Å². The smallest absolute Gasteiger partial charge is 0.335 e. The zero-order valence-electron chi connectivity index (χ0n) is 16.1. The van der Waals surface area contributed by atoms with Crippen molar-refractivity contribution in [2.45, 2.75) is 0 Å². The van der Waals surface area contributed by atoms with Crippen LogP contribution >= 0.6 is 0 Å². The van der Waals surface area contributed by atoms with Crippen molar-refractivity contribution < 1.29 is 28.9 Å². The molecule has 2 aromatic carbocycles. The molecule has 3 aromatic rings. The number of aromatic nitrogens is 1. The molecule has 148 valence electrons. The lowest BCUT2D eigenvalue weighted by Crippen LogP contribution is -1.99. The third-order valence-corrected chi connectivity index (χ3v) is 4.34. The molecule has 1 heterocycles. The molecule has 7 nitrogen and oxygen atoms in total. The number of pyridine rings is 1. The summed E-state index contributed by atoms with van der Waals surface area (Å²) in [4.78, 5) is 27.8. The number of fused-ring (bicyclic) bond motifs is 1. The predicted octanol–water partition coefficient (Wildman–Crippen LogP) is 3.85. The highest BCUT2D eigenvalue weighted by Gasteiger charge is 2.16. The second-order valence-electron chi connectivity index (χ2n) is 6.03. The van der Waals surface area contributed by atoms with Crippen molar-refractivity contribution in [1.29, 1.82) is 0 Å². The molecular formula is C22H19NO6. The SMILES string of the molecule is COc1cc2nc(C=CC(=O)c3ccc(C(=O)O)cc3)ccc2c(OC)c1OC. The molecular weight excluding hydrogens is 374 g/mol. The first-order valence-electron chi connectivity index (χ1n) is 8.64. The van der Waals surface area contributed by atoms with Crippen LogP contribution in [0.15, 0.2) is 48.5 Å². The van der Waals surface area contributed by atoms with Crippen molar-refractivity contribution in [3.8, 4) is 17.2 Å². The fraction of sp³-hybridized carbons (Fsp3) is 0.136. The van der Waals surface area contributed by atoms with Crippen LogP contribution in [0, 0.1) is 0 Å². The van der Waals surface area contributed by atoms with Gasteiger partial charge in [-0.3, -0.25) is 4.79 Å². The van der Waals surface area contributed by atoms with E-state index >= 15 is 0 Å². The Morgan fingerprint density at radius 1 is 0.897 bits per heavy atom. The molecule has 0 aliphatic carbocycles. The minimum absolute atomic E-state index is 0.125. The van der Waals surface area contributed by atoms with Gasteiger partial charge in [0.2, 0.25) is 5.75 Å². The molecule has 0 saturated heterocycles. The molecule has 0 aliphatic heterocycles. The summed E-state index contributed by atoms with van der Waals surface area (Å²) in [5.74, 6) is 0.184. The molecule has 0 unspecified atom stereocenters. The maximum atomic E-state index is 12.3. The van der Waals surface area contributed by atoms with Gasteiger partial charge in [-0.2, -0.15) is 0 Å². The number of carbonyl (C=O) groups excluding carboxylic acids is 1. The number of allylic oxidation sites excluding steroid dienone is 1. The minimum Gasteiger partial charge on any atom is -0.493 e. The van der Waals surface area contributed by atoms with Crippen molar-refractivity contribution >= 4 is 28.7 Å². The lowest BCUT2D eigenvalue weighted by molar-refractivity contribution is 0.0696. The van der Waals surface area contributed by atoms with E-state index in [1.54, 1.807) is 25.3 Å². The van der Waals surface area contributed by atoms with Gasteiger partial charge in [0.25, 0.3) is 0 Å². The average Bonchev–Trinajstić information content (AvgIpc) is 2.75. The molecule has 0 fully saturated rings. The third-order valence-electron chi connectivity index (χ3n) is 4.34. The van der Waals surface area contributed by atoms with E-state index in [4.69, 9.17) is 19.3 Å². The molecule has 0 radical (unpaired) electrons. The van der Waals surface area contributed by atoms with Gasteiger partial charge in [-0.05, 0) is 36.4 Å². The number of methoxy groups -OCH3 is 3. The summed E-state index contributed by atoms with van der Waals surface area (Å²) in [5, 5.41) is 9.68. The fourth-order valence-electron chi connectivity index (χ4n) is 2.89. The van der Waals surface area contributed by atoms with Gasteiger partial charge in [0.1, 0.15) is 0 Å². The standard InChI is InChI=1S/C22H19NO6/c1-27-19-12-17-16(20(28-2)21(19)29-3)10-8-15(23-17)9-11-18(24)13-4-6-14(7-5-13)22(25)26/h4-12H,1-3H3,(H,25,26). The largest absolute Gasteiger partial charge is 0.493 e. The predicted molar refractivity (Wildman–Crippen MR) is 108 cm³/mol. The first-order chi connectivity index (χ1) is 14.0. The molecule has 7 heteroatoms. The second kappa shape index (κ2) is 8.43. The fourth-order valence-corrected chi connectivity index (χ4v) is 2.89. The number of benzene rings is 2. The maximum Gasteiger partial charge on any atom is 0.335 e. The van der Waals surface area contributed by atoms with Crippen LogP contribution in [0.25, 0.3) is 17.0 Å². The molecule has 3 rings (SSSR count). The van der Waals surface area contributed by atoms with Crippen LogP contribution < -0.4 is 14.2 Å². The molecule has 1 aromatic heterocycles. The average molecular weight is 393 g/mol. The van der Waals surface area contributed by atoms with Crippen molar-refractivity contribution in [1.82, 2.24) is 4.98 Å². The van der Waals surface area contributed by atoms with Crippen LogP contribution in [0.1, 0.15) is 26.4 Å². The Kier molecular flexibility index (Phi) is 5.78. The first kappa shape index (κ1) is 19.9. The van der Waals surface area contributed by atoms with Crippen LogP contribution in [0.5, 0.6) is 17.2 Å². The number of aromatic carboxylic acids is 1. The quantitative estimate of drug-likeness (QED) is 0.481. The molecule has 1 N–H and O–H groups in total. The minimum atomic E-state index is -1.04. The summed E-state index contributed by atoms with van der Waals surface area (Å²) in [6.45, 7) is 0. The lowest BCUT2D eigenvalue weighted by atomic mass is 10.1. The number of rotatable bonds is 7. The Balaban J connectivity index is 1.92. The van der Waals surface area contributed by atoms with E-state index in [9.17, 15) is 9.59 Å². The van der Waals surface area contributed by atoms with Gasteiger partial charge in [0, 0.05) is 17.0 Å². The molecule has 0 amide bonds. The Labute approximate surface area is 167 Å². The number of nitrogens with zero attached hydrogens (tertiary/aromatic N) is 1. The molecule has 29 heavy (non-hydrogen) atoms. The van der Waals surface area contributed by atoms with E-state index < -0.39 is 5.97 Å². The van der Waals surface area contributed by atoms with Crippen LogP contribution in [-0.2, 0) is 0 Å². The van der Waals surface area contributed by atoms with Crippen molar-refractivity contribution in [2.75, 3.05) is 21.3 Å². The summed E-state index contributed by atoms with van der Waals surface area (Å²) < 4.78 is 16.2. The summed E-state index contributed by atoms with van der Waals surface area (Å²) in [7, 11) is 4.60. The molecule has 0 spiro atoms. The number of carbonyl (C=O) groups is 2. The number of hydrogen-bond donors (Lipinski definition) is 1. The summed E-state index contributed by atoms with van der Waals surface area (Å²) >= 11 is 0. The number of carboxylic acids is 1. The molecule has 0 saturated carbocycles.